The molecule has 0 aromatic heterocycles. The van der Waals surface area contributed by atoms with Crippen molar-refractivity contribution in [3.05, 3.63) is 53.6 Å². The maximum absolute atomic E-state index is 6.32. The van der Waals surface area contributed by atoms with Crippen molar-refractivity contribution in [2.75, 3.05) is 20.3 Å². The maximum atomic E-state index is 6.32. The standard InChI is InChI=1S/C16H17NO3/c1-18-13-4-2-3-11(9-13)16(17)12-5-6-14-15(10-12)20-8-7-19-14/h2-6,9-10,16H,7-8,17H2,1H3. The fraction of sp³-hybridized carbons (Fsp3) is 0.250. The van der Waals surface area contributed by atoms with E-state index >= 15 is 0 Å². The Balaban J connectivity index is 1.91. The van der Waals surface area contributed by atoms with Crippen molar-refractivity contribution in [2.45, 2.75) is 6.04 Å². The topological polar surface area (TPSA) is 53.7 Å². The van der Waals surface area contributed by atoms with Crippen molar-refractivity contribution in [1.29, 1.82) is 0 Å². The lowest BCUT2D eigenvalue weighted by molar-refractivity contribution is 0.171. The molecule has 1 atom stereocenters. The molecule has 1 aliphatic heterocycles. The summed E-state index contributed by atoms with van der Waals surface area (Å²) < 4.78 is 16.3. The van der Waals surface area contributed by atoms with Gasteiger partial charge in [0.25, 0.3) is 0 Å². The van der Waals surface area contributed by atoms with Crippen LogP contribution in [0.4, 0.5) is 0 Å². The molecule has 0 spiro atoms. The maximum Gasteiger partial charge on any atom is 0.161 e. The van der Waals surface area contributed by atoms with Crippen molar-refractivity contribution in [2.24, 2.45) is 5.73 Å². The third-order valence-electron chi connectivity index (χ3n) is 3.38. The Bertz CT molecular complexity index is 612. The Morgan fingerprint density at radius 1 is 1.00 bits per heavy atom. The number of hydrogen-bond acceptors (Lipinski definition) is 4. The molecule has 0 fully saturated rings. The highest BCUT2D eigenvalue weighted by molar-refractivity contribution is 5.47. The van der Waals surface area contributed by atoms with Crippen LogP contribution in [-0.4, -0.2) is 20.3 Å². The second-order valence-corrected chi connectivity index (χ2v) is 4.66. The van der Waals surface area contributed by atoms with Crippen LogP contribution in [-0.2, 0) is 0 Å². The second-order valence-electron chi connectivity index (χ2n) is 4.66. The highest BCUT2D eigenvalue weighted by Crippen LogP contribution is 2.34. The number of fused-ring (bicyclic) bond motifs is 1. The Hall–Kier alpha value is -2.20. The Morgan fingerprint density at radius 3 is 2.55 bits per heavy atom. The first-order valence-corrected chi connectivity index (χ1v) is 6.57. The number of rotatable bonds is 3. The van der Waals surface area contributed by atoms with Gasteiger partial charge in [-0.2, -0.15) is 0 Å². The molecule has 1 aliphatic rings. The predicted octanol–water partition coefficient (Wildman–Crippen LogP) is 2.51. The van der Waals surface area contributed by atoms with Gasteiger partial charge >= 0.3 is 0 Å². The highest BCUT2D eigenvalue weighted by atomic mass is 16.6. The smallest absolute Gasteiger partial charge is 0.161 e. The first kappa shape index (κ1) is 12.8. The van der Waals surface area contributed by atoms with Gasteiger partial charge < -0.3 is 19.9 Å². The van der Waals surface area contributed by atoms with Crippen molar-refractivity contribution in [3.8, 4) is 17.2 Å². The van der Waals surface area contributed by atoms with E-state index in [4.69, 9.17) is 19.9 Å². The minimum atomic E-state index is -0.221. The van der Waals surface area contributed by atoms with Gasteiger partial charge in [0.2, 0.25) is 0 Å². The van der Waals surface area contributed by atoms with Crippen LogP contribution in [0.5, 0.6) is 17.2 Å². The van der Waals surface area contributed by atoms with Crippen LogP contribution < -0.4 is 19.9 Å². The summed E-state index contributed by atoms with van der Waals surface area (Å²) in [5, 5.41) is 0. The molecule has 2 N–H and O–H groups in total. The van der Waals surface area contributed by atoms with Gasteiger partial charge in [-0.1, -0.05) is 18.2 Å². The number of benzene rings is 2. The SMILES string of the molecule is COc1cccc(C(N)c2ccc3c(c2)OCCO3)c1. The number of methoxy groups -OCH3 is 1. The number of hydrogen-bond donors (Lipinski definition) is 1. The average Bonchev–Trinajstić information content (AvgIpc) is 2.53. The van der Waals surface area contributed by atoms with Gasteiger partial charge in [0.05, 0.1) is 13.2 Å². The lowest BCUT2D eigenvalue weighted by Crippen LogP contribution is -2.17. The largest absolute Gasteiger partial charge is 0.497 e. The van der Waals surface area contributed by atoms with Crippen LogP contribution in [0.1, 0.15) is 17.2 Å². The van der Waals surface area contributed by atoms with Crippen molar-refractivity contribution in [1.82, 2.24) is 0 Å². The van der Waals surface area contributed by atoms with E-state index in [1.165, 1.54) is 0 Å². The summed E-state index contributed by atoms with van der Waals surface area (Å²) >= 11 is 0. The van der Waals surface area contributed by atoms with E-state index in [9.17, 15) is 0 Å². The van der Waals surface area contributed by atoms with Gasteiger partial charge in [-0.25, -0.2) is 0 Å². The van der Waals surface area contributed by atoms with Crippen LogP contribution >= 0.6 is 0 Å². The van der Waals surface area contributed by atoms with Gasteiger partial charge in [0.15, 0.2) is 11.5 Å². The quantitative estimate of drug-likeness (QED) is 0.932. The second kappa shape index (κ2) is 5.43. The first-order valence-electron chi connectivity index (χ1n) is 6.57. The lowest BCUT2D eigenvalue weighted by atomic mass is 9.99. The van der Waals surface area contributed by atoms with Crippen LogP contribution in [0.2, 0.25) is 0 Å². The minimum absolute atomic E-state index is 0.221. The summed E-state index contributed by atoms with van der Waals surface area (Å²) in [7, 11) is 1.65. The monoisotopic (exact) mass is 271 g/mol. The highest BCUT2D eigenvalue weighted by Gasteiger charge is 2.16. The summed E-state index contributed by atoms with van der Waals surface area (Å²) in [5.41, 5.74) is 8.31. The zero-order valence-electron chi connectivity index (χ0n) is 11.3. The minimum Gasteiger partial charge on any atom is -0.497 e. The summed E-state index contributed by atoms with van der Waals surface area (Å²) in [6.45, 7) is 1.17. The molecule has 4 heteroatoms. The average molecular weight is 271 g/mol. The summed E-state index contributed by atoms with van der Waals surface area (Å²) in [4.78, 5) is 0. The van der Waals surface area contributed by atoms with Crippen LogP contribution in [0.15, 0.2) is 42.5 Å². The summed E-state index contributed by atoms with van der Waals surface area (Å²) in [6, 6.07) is 13.4. The molecule has 1 heterocycles. The zero-order chi connectivity index (χ0) is 13.9. The lowest BCUT2D eigenvalue weighted by Gasteiger charge is -2.21. The number of ether oxygens (including phenoxy) is 3. The molecule has 0 saturated carbocycles. The molecule has 1 unspecified atom stereocenters. The molecule has 0 aliphatic carbocycles. The van der Waals surface area contributed by atoms with E-state index in [-0.39, 0.29) is 6.04 Å². The van der Waals surface area contributed by atoms with Crippen LogP contribution in [0.3, 0.4) is 0 Å². The van der Waals surface area contributed by atoms with E-state index < -0.39 is 0 Å². The molecule has 2 aromatic rings. The van der Waals surface area contributed by atoms with Crippen molar-refractivity contribution in [3.63, 3.8) is 0 Å². The molecule has 104 valence electrons. The Kier molecular flexibility index (Phi) is 3.48. The van der Waals surface area contributed by atoms with Crippen LogP contribution in [0.25, 0.3) is 0 Å². The molecular weight excluding hydrogens is 254 g/mol. The third kappa shape index (κ3) is 2.42. The van der Waals surface area contributed by atoms with E-state index in [1.54, 1.807) is 7.11 Å². The molecule has 0 bridgehead atoms. The Morgan fingerprint density at radius 2 is 1.75 bits per heavy atom. The van der Waals surface area contributed by atoms with Crippen molar-refractivity contribution >= 4 is 0 Å². The van der Waals surface area contributed by atoms with Gasteiger partial charge in [-0.15, -0.1) is 0 Å². The number of nitrogens with two attached hydrogens (primary N) is 1. The molecule has 4 nitrogen and oxygen atoms in total. The summed E-state index contributed by atoms with van der Waals surface area (Å²) in [6.07, 6.45) is 0. The predicted molar refractivity (Wildman–Crippen MR) is 76.5 cm³/mol. The van der Waals surface area contributed by atoms with E-state index in [1.807, 2.05) is 42.5 Å². The zero-order valence-corrected chi connectivity index (χ0v) is 11.3. The Labute approximate surface area is 118 Å². The fourth-order valence-corrected chi connectivity index (χ4v) is 2.28. The van der Waals surface area contributed by atoms with E-state index in [0.717, 1.165) is 28.4 Å². The summed E-state index contributed by atoms with van der Waals surface area (Å²) in [5.74, 6) is 2.33. The van der Waals surface area contributed by atoms with Gasteiger partial charge in [-0.05, 0) is 35.4 Å². The van der Waals surface area contributed by atoms with Gasteiger partial charge in [-0.3, -0.25) is 0 Å². The molecular formula is C16H17NO3. The molecule has 3 rings (SSSR count). The molecule has 20 heavy (non-hydrogen) atoms. The van der Waals surface area contributed by atoms with Crippen LogP contribution in [0, 0.1) is 0 Å². The first-order chi connectivity index (χ1) is 9.78. The molecule has 2 aromatic carbocycles. The third-order valence-corrected chi connectivity index (χ3v) is 3.38. The fourth-order valence-electron chi connectivity index (χ4n) is 2.28. The van der Waals surface area contributed by atoms with Gasteiger partial charge in [0, 0.05) is 0 Å². The van der Waals surface area contributed by atoms with Gasteiger partial charge in [0.1, 0.15) is 19.0 Å². The molecule has 0 saturated heterocycles. The molecule has 0 amide bonds. The van der Waals surface area contributed by atoms with E-state index in [0.29, 0.717) is 13.2 Å². The molecule has 0 radical (unpaired) electrons. The van der Waals surface area contributed by atoms with Crippen molar-refractivity contribution < 1.29 is 14.2 Å². The normalized spacial score (nSPS) is 14.7. The van der Waals surface area contributed by atoms with E-state index in [2.05, 4.69) is 0 Å².